The molecule has 43 heavy (non-hydrogen) atoms. The van der Waals surface area contributed by atoms with Crippen LogP contribution in [-0.4, -0.2) is 44.8 Å². The second kappa shape index (κ2) is 18.2. The molecular weight excluding hydrogens is 705 g/mol. The van der Waals surface area contributed by atoms with Crippen LogP contribution >= 0.6 is 58.3 Å². The number of rotatable bonds is 19. The zero-order valence-corrected chi connectivity index (χ0v) is 30.9. The molecule has 0 saturated heterocycles. The first kappa shape index (κ1) is 36.4. The quantitative estimate of drug-likeness (QED) is 0.0321. The second-order valence-corrected chi connectivity index (χ2v) is 15.0. The SMILES string of the molecule is C=C(c1c(SCCI)c(=O)n2c(cc3sc(C)c(CCC)c32)c1=C)C(/C=C/C(S)C/C(=C/CCOCCO)CCC)CC. The first-order valence-corrected chi connectivity index (χ1v) is 19.3. The Morgan fingerprint density at radius 2 is 2.02 bits per heavy atom. The molecule has 0 aliphatic heterocycles. The third-order valence-electron chi connectivity index (χ3n) is 7.75. The van der Waals surface area contributed by atoms with Crippen molar-refractivity contribution in [3.63, 3.8) is 0 Å². The molecule has 0 radical (unpaired) electrons. The van der Waals surface area contributed by atoms with Crippen LogP contribution in [0.1, 0.15) is 75.3 Å². The number of ether oxygens (including phenoxy) is 1. The molecule has 3 heterocycles. The van der Waals surface area contributed by atoms with E-state index in [0.29, 0.717) is 13.2 Å². The Bertz CT molecular complexity index is 1540. The number of hydrogen-bond acceptors (Lipinski definition) is 6. The molecule has 3 rings (SSSR count). The summed E-state index contributed by atoms with van der Waals surface area (Å²) in [7, 11) is 0. The Hall–Kier alpha value is -1.04. The van der Waals surface area contributed by atoms with Crippen molar-refractivity contribution < 1.29 is 9.84 Å². The lowest BCUT2D eigenvalue weighted by Crippen LogP contribution is -2.26. The van der Waals surface area contributed by atoms with Gasteiger partial charge in [-0.15, -0.1) is 23.1 Å². The number of pyridine rings is 1. The van der Waals surface area contributed by atoms with E-state index in [-0.39, 0.29) is 23.3 Å². The van der Waals surface area contributed by atoms with Gasteiger partial charge in [-0.25, -0.2) is 0 Å². The molecule has 8 heteroatoms. The summed E-state index contributed by atoms with van der Waals surface area (Å²) in [6.07, 6.45) is 13.4. The Morgan fingerprint density at radius 3 is 2.67 bits per heavy atom. The Labute approximate surface area is 285 Å². The first-order chi connectivity index (χ1) is 20.7. The fourth-order valence-corrected chi connectivity index (χ4v) is 8.74. The van der Waals surface area contributed by atoms with E-state index < -0.39 is 0 Å². The van der Waals surface area contributed by atoms with Crippen LogP contribution in [0.2, 0.25) is 0 Å². The molecule has 3 aromatic rings. The minimum absolute atomic E-state index is 0.0562. The van der Waals surface area contributed by atoms with Crippen LogP contribution in [0.25, 0.3) is 27.9 Å². The minimum Gasteiger partial charge on any atom is -0.394 e. The molecule has 4 nitrogen and oxygen atoms in total. The van der Waals surface area contributed by atoms with Gasteiger partial charge in [-0.05, 0) is 56.2 Å². The third-order valence-corrected chi connectivity index (χ3v) is 11.5. The molecule has 0 aromatic carbocycles. The van der Waals surface area contributed by atoms with Crippen LogP contribution < -0.4 is 10.8 Å². The van der Waals surface area contributed by atoms with Gasteiger partial charge in [-0.1, -0.05) is 93.2 Å². The van der Waals surface area contributed by atoms with Crippen molar-refractivity contribution in [1.29, 1.82) is 0 Å². The van der Waals surface area contributed by atoms with E-state index in [4.69, 9.17) is 22.5 Å². The topological polar surface area (TPSA) is 50.9 Å². The Balaban J connectivity index is 1.97. The number of aromatic nitrogens is 1. The fraction of sp³-hybridized carbons (Fsp3) is 0.514. The number of fused-ring (bicyclic) bond motifs is 3. The van der Waals surface area contributed by atoms with Crippen molar-refractivity contribution in [2.75, 3.05) is 30.0 Å². The number of thiol groups is 1. The molecule has 0 aliphatic rings. The maximum absolute atomic E-state index is 14.3. The molecule has 0 amide bonds. The standard InChI is InChI=1S/C35H48INO3S3/c1-7-11-26(13-10-18-40-19-17-38)21-28(41)15-14-27(9-3)23(4)32-24(5)30-22-31-33(29(12-8-2)25(6)43-31)37(30)35(39)34(32)42-20-16-36/h13-15,22,27-28,38,41H,4-5,7-12,16-21H2,1-3,6H3/b15-14+,26-13+. The van der Waals surface area contributed by atoms with Gasteiger partial charge >= 0.3 is 0 Å². The average molecular weight is 754 g/mol. The zero-order valence-electron chi connectivity index (χ0n) is 26.2. The van der Waals surface area contributed by atoms with Crippen molar-refractivity contribution in [3.05, 3.63) is 68.0 Å². The van der Waals surface area contributed by atoms with Gasteiger partial charge in [0.25, 0.3) is 5.56 Å². The smallest absolute Gasteiger partial charge is 0.269 e. The summed E-state index contributed by atoms with van der Waals surface area (Å²) in [6, 6.07) is 2.16. The Morgan fingerprint density at radius 1 is 1.26 bits per heavy atom. The van der Waals surface area contributed by atoms with Crippen LogP contribution in [0.3, 0.4) is 0 Å². The van der Waals surface area contributed by atoms with Crippen LogP contribution in [-0.2, 0) is 11.2 Å². The van der Waals surface area contributed by atoms with E-state index in [1.807, 2.05) is 4.40 Å². The predicted octanol–water partition coefficient (Wildman–Crippen LogP) is 8.84. The number of nitrogens with zero attached hydrogens (tertiary/aromatic N) is 1. The Kier molecular flexibility index (Phi) is 15.4. The molecule has 0 saturated carbocycles. The molecule has 236 valence electrons. The largest absolute Gasteiger partial charge is 0.394 e. The van der Waals surface area contributed by atoms with E-state index in [1.165, 1.54) is 16.0 Å². The summed E-state index contributed by atoms with van der Waals surface area (Å²) >= 11 is 10.7. The second-order valence-electron chi connectivity index (χ2n) is 10.9. The molecule has 0 spiro atoms. The number of aliphatic hydroxyl groups is 1. The third kappa shape index (κ3) is 9.03. The van der Waals surface area contributed by atoms with Gasteiger partial charge in [0, 0.05) is 37.0 Å². The van der Waals surface area contributed by atoms with Crippen LogP contribution in [0.5, 0.6) is 0 Å². The number of thioether (sulfide) groups is 1. The summed E-state index contributed by atoms with van der Waals surface area (Å²) in [4.78, 5) is 16.3. The van der Waals surface area contributed by atoms with Gasteiger partial charge in [-0.2, -0.15) is 12.6 Å². The van der Waals surface area contributed by atoms with Crippen molar-refractivity contribution in [1.82, 2.24) is 4.40 Å². The van der Waals surface area contributed by atoms with E-state index in [2.05, 4.69) is 87.7 Å². The summed E-state index contributed by atoms with van der Waals surface area (Å²) in [5.74, 6) is 0.939. The number of allylic oxidation sites excluding steroid dienone is 3. The summed E-state index contributed by atoms with van der Waals surface area (Å²) in [5.41, 5.74) is 6.59. The normalized spacial score (nSPS) is 14.0. The van der Waals surface area contributed by atoms with E-state index >= 15 is 0 Å². The van der Waals surface area contributed by atoms with Gasteiger partial charge < -0.3 is 9.84 Å². The molecule has 0 bridgehead atoms. The van der Waals surface area contributed by atoms with E-state index in [0.717, 1.165) is 92.1 Å². The molecule has 1 N–H and O–H groups in total. The van der Waals surface area contributed by atoms with Crippen molar-refractivity contribution in [2.45, 2.75) is 82.8 Å². The maximum Gasteiger partial charge on any atom is 0.269 e. The minimum atomic E-state index is 0.0562. The van der Waals surface area contributed by atoms with Gasteiger partial charge in [0.05, 0.1) is 40.4 Å². The number of thiophene rings is 1. The lowest BCUT2D eigenvalue weighted by molar-refractivity contribution is 0.0954. The lowest BCUT2D eigenvalue weighted by Gasteiger charge is -2.19. The van der Waals surface area contributed by atoms with Crippen LogP contribution in [0.4, 0.5) is 0 Å². The first-order valence-electron chi connectivity index (χ1n) is 15.5. The lowest BCUT2D eigenvalue weighted by atomic mass is 9.90. The highest BCUT2D eigenvalue weighted by Gasteiger charge is 2.23. The monoisotopic (exact) mass is 753 g/mol. The number of aliphatic hydroxyl groups excluding tert-OH is 1. The van der Waals surface area contributed by atoms with Crippen molar-refractivity contribution in [3.8, 4) is 0 Å². The average Bonchev–Trinajstić information content (AvgIpc) is 3.50. The van der Waals surface area contributed by atoms with Crippen molar-refractivity contribution in [2.24, 2.45) is 5.92 Å². The summed E-state index contributed by atoms with van der Waals surface area (Å²) in [5, 5.41) is 9.90. The van der Waals surface area contributed by atoms with Gasteiger partial charge in [-0.3, -0.25) is 9.20 Å². The molecule has 2 unspecified atom stereocenters. The maximum atomic E-state index is 14.3. The van der Waals surface area contributed by atoms with Gasteiger partial charge in [0.15, 0.2) is 0 Å². The number of halogens is 1. The van der Waals surface area contributed by atoms with Crippen LogP contribution in [0.15, 0.2) is 46.1 Å². The molecule has 2 atom stereocenters. The highest BCUT2D eigenvalue weighted by atomic mass is 127. The summed E-state index contributed by atoms with van der Waals surface area (Å²) < 4.78 is 9.48. The van der Waals surface area contributed by atoms with E-state index in [9.17, 15) is 4.79 Å². The molecular formula is C35H48INO3S3. The fourth-order valence-electron chi connectivity index (χ4n) is 5.71. The number of aryl methyl sites for hydroxylation is 2. The van der Waals surface area contributed by atoms with Gasteiger partial charge in [0.1, 0.15) is 0 Å². The zero-order chi connectivity index (χ0) is 31.5. The van der Waals surface area contributed by atoms with Gasteiger partial charge in [0.2, 0.25) is 0 Å². The number of hydrogen-bond donors (Lipinski definition) is 2. The predicted molar refractivity (Wildman–Crippen MR) is 203 cm³/mol. The number of alkyl halides is 1. The highest BCUT2D eigenvalue weighted by molar-refractivity contribution is 14.1. The molecule has 0 aliphatic carbocycles. The molecule has 0 fully saturated rings. The van der Waals surface area contributed by atoms with Crippen molar-refractivity contribution >= 4 is 86.2 Å². The summed E-state index contributed by atoms with van der Waals surface area (Å²) in [6.45, 7) is 18.9. The van der Waals surface area contributed by atoms with Crippen LogP contribution in [0, 0.1) is 12.8 Å². The molecule has 3 aromatic heterocycles. The van der Waals surface area contributed by atoms with E-state index in [1.54, 1.807) is 23.1 Å². The highest BCUT2D eigenvalue weighted by Crippen LogP contribution is 2.36.